The molecule has 3 nitrogen and oxygen atoms in total. The van der Waals surface area contributed by atoms with Crippen molar-refractivity contribution in [2.45, 2.75) is 77.4 Å². The first-order valence-corrected chi connectivity index (χ1v) is 9.63. The topological polar surface area (TPSA) is 18.1 Å². The lowest BCUT2D eigenvalue weighted by atomic mass is 9.72. The zero-order valence-corrected chi connectivity index (χ0v) is 15.8. The summed E-state index contributed by atoms with van der Waals surface area (Å²) in [5.41, 5.74) is 0.516. The monoisotopic (exact) mass is 312 g/mol. The van der Waals surface area contributed by atoms with Crippen LogP contribution < -0.4 is 9.80 Å². The first-order chi connectivity index (χ1) is 10.4. The molecule has 0 aromatic rings. The van der Waals surface area contributed by atoms with Crippen molar-refractivity contribution in [3.63, 3.8) is 0 Å². The van der Waals surface area contributed by atoms with Gasteiger partial charge < -0.3 is 14.5 Å². The van der Waals surface area contributed by atoms with E-state index in [0.29, 0.717) is 5.41 Å². The van der Waals surface area contributed by atoms with Gasteiger partial charge in [-0.2, -0.15) is 0 Å². The minimum Gasteiger partial charge on any atom is -0.376 e. The molecule has 1 heterocycles. The van der Waals surface area contributed by atoms with E-state index in [1.807, 2.05) is 4.90 Å². The highest BCUT2D eigenvalue weighted by Gasteiger charge is 2.46. The van der Waals surface area contributed by atoms with Crippen molar-refractivity contribution < 1.29 is 14.5 Å². The first kappa shape index (κ1) is 18.2. The third kappa shape index (κ3) is 4.94. The van der Waals surface area contributed by atoms with Gasteiger partial charge in [0.25, 0.3) is 0 Å². The summed E-state index contributed by atoms with van der Waals surface area (Å²) in [4.78, 5) is 3.47. The molecule has 130 valence electrons. The number of hydrogen-bond donors (Lipinski definition) is 2. The summed E-state index contributed by atoms with van der Waals surface area (Å²) < 4.78 is 6.04. The Morgan fingerprint density at radius 1 is 1.05 bits per heavy atom. The molecule has 2 atom stereocenters. The summed E-state index contributed by atoms with van der Waals surface area (Å²) in [7, 11) is 4.63. The molecule has 0 bridgehead atoms. The van der Waals surface area contributed by atoms with Crippen LogP contribution >= 0.6 is 0 Å². The summed E-state index contributed by atoms with van der Waals surface area (Å²) in [6.07, 6.45) is 9.74. The molecule has 1 aliphatic heterocycles. The van der Waals surface area contributed by atoms with Crippen LogP contribution in [-0.2, 0) is 4.74 Å². The molecule has 1 saturated heterocycles. The maximum Gasteiger partial charge on any atom is 0.0886 e. The molecule has 1 saturated carbocycles. The average Bonchev–Trinajstić information content (AvgIpc) is 2.44. The Morgan fingerprint density at radius 2 is 1.73 bits per heavy atom. The van der Waals surface area contributed by atoms with Gasteiger partial charge in [-0.05, 0) is 59.3 Å². The van der Waals surface area contributed by atoms with Gasteiger partial charge in [-0.3, -0.25) is 0 Å². The van der Waals surface area contributed by atoms with Crippen molar-refractivity contribution in [1.29, 1.82) is 0 Å². The fraction of sp³-hybridized carbons (Fsp3) is 1.00. The van der Waals surface area contributed by atoms with E-state index < -0.39 is 0 Å². The van der Waals surface area contributed by atoms with Gasteiger partial charge in [0.15, 0.2) is 0 Å². The Kier molecular flexibility index (Phi) is 6.32. The molecular weight excluding hydrogens is 272 g/mol. The van der Waals surface area contributed by atoms with Crippen LogP contribution in [0.3, 0.4) is 0 Å². The zero-order valence-electron chi connectivity index (χ0n) is 15.8. The summed E-state index contributed by atoms with van der Waals surface area (Å²) in [5.74, 6) is 0. The molecule has 0 spiro atoms. The number of hydrogen-bond acceptors (Lipinski definition) is 1. The quantitative estimate of drug-likeness (QED) is 0.747. The minimum absolute atomic E-state index is 0.0547. The number of rotatable bonds is 6. The molecule has 0 radical (unpaired) electrons. The molecule has 22 heavy (non-hydrogen) atoms. The SMILES string of the molecule is CC[NH+](C[C@@]1(C[NH+](C)C)CCOC(C)(C)C1)C1CCCCC1. The largest absolute Gasteiger partial charge is 0.376 e. The van der Waals surface area contributed by atoms with E-state index in [4.69, 9.17) is 4.74 Å². The second-order valence-corrected chi connectivity index (χ2v) is 8.94. The maximum absolute atomic E-state index is 6.04. The zero-order chi connectivity index (χ0) is 16.2. The molecular formula is C19H40N2O+2. The Balaban J connectivity index is 2.10. The number of nitrogens with one attached hydrogen (secondary N) is 2. The molecule has 0 amide bonds. The smallest absolute Gasteiger partial charge is 0.0886 e. The summed E-state index contributed by atoms with van der Waals surface area (Å²) in [6, 6.07) is 0.916. The maximum atomic E-state index is 6.04. The van der Waals surface area contributed by atoms with Crippen molar-refractivity contribution >= 4 is 0 Å². The highest BCUT2D eigenvalue weighted by Crippen LogP contribution is 2.37. The minimum atomic E-state index is 0.0547. The van der Waals surface area contributed by atoms with Crippen molar-refractivity contribution in [2.24, 2.45) is 5.41 Å². The lowest BCUT2D eigenvalue weighted by Gasteiger charge is -2.46. The van der Waals surface area contributed by atoms with Crippen LogP contribution in [0.25, 0.3) is 0 Å². The molecule has 2 rings (SSSR count). The van der Waals surface area contributed by atoms with Gasteiger partial charge in [0.05, 0.1) is 50.8 Å². The van der Waals surface area contributed by atoms with Crippen molar-refractivity contribution in [3.8, 4) is 0 Å². The van der Waals surface area contributed by atoms with E-state index in [1.54, 1.807) is 4.90 Å². The van der Waals surface area contributed by atoms with Crippen LogP contribution in [-0.4, -0.2) is 52.0 Å². The van der Waals surface area contributed by atoms with E-state index in [1.165, 1.54) is 64.6 Å². The van der Waals surface area contributed by atoms with Crippen LogP contribution in [0, 0.1) is 5.41 Å². The summed E-state index contributed by atoms with van der Waals surface area (Å²) in [5, 5.41) is 0. The van der Waals surface area contributed by atoms with E-state index in [-0.39, 0.29) is 5.60 Å². The van der Waals surface area contributed by atoms with Crippen LogP contribution in [0.5, 0.6) is 0 Å². The molecule has 1 aliphatic carbocycles. The third-order valence-corrected chi connectivity index (χ3v) is 5.89. The fourth-order valence-electron chi connectivity index (χ4n) is 5.25. The van der Waals surface area contributed by atoms with Crippen LogP contribution in [0.4, 0.5) is 0 Å². The van der Waals surface area contributed by atoms with E-state index >= 15 is 0 Å². The van der Waals surface area contributed by atoms with Gasteiger partial charge in [-0.1, -0.05) is 6.42 Å². The van der Waals surface area contributed by atoms with Crippen molar-refractivity contribution in [2.75, 3.05) is 40.3 Å². The average molecular weight is 313 g/mol. The second kappa shape index (κ2) is 7.63. The molecule has 2 aliphatic rings. The van der Waals surface area contributed by atoms with Crippen LogP contribution in [0.1, 0.15) is 65.7 Å². The van der Waals surface area contributed by atoms with Gasteiger partial charge in [0.1, 0.15) is 0 Å². The van der Waals surface area contributed by atoms with E-state index in [9.17, 15) is 0 Å². The highest BCUT2D eigenvalue weighted by atomic mass is 16.5. The molecule has 0 aromatic heterocycles. The number of ether oxygens (including phenoxy) is 1. The second-order valence-electron chi connectivity index (χ2n) is 8.94. The molecule has 2 fully saturated rings. The lowest BCUT2D eigenvalue weighted by molar-refractivity contribution is -0.940. The molecule has 2 N–H and O–H groups in total. The van der Waals surface area contributed by atoms with E-state index in [2.05, 4.69) is 34.9 Å². The molecule has 0 aromatic carbocycles. The lowest BCUT2D eigenvalue weighted by Crippen LogP contribution is -3.18. The standard InChI is InChI=1S/C19H38N2O/c1-6-21(17-10-8-7-9-11-17)16-19(15-20(4)5)12-13-22-18(2,3)14-19/h17H,6-16H2,1-5H3/p+2/t19-/m0/s1. The van der Waals surface area contributed by atoms with E-state index in [0.717, 1.165) is 12.6 Å². The Morgan fingerprint density at radius 3 is 2.27 bits per heavy atom. The van der Waals surface area contributed by atoms with Crippen LogP contribution in [0.15, 0.2) is 0 Å². The Hall–Kier alpha value is -0.120. The Labute approximate surface area is 138 Å². The normalized spacial score (nSPS) is 31.4. The van der Waals surface area contributed by atoms with Gasteiger partial charge in [-0.15, -0.1) is 0 Å². The Bertz CT molecular complexity index is 336. The predicted molar refractivity (Wildman–Crippen MR) is 92.6 cm³/mol. The first-order valence-electron chi connectivity index (χ1n) is 9.63. The summed E-state index contributed by atoms with van der Waals surface area (Å²) in [6.45, 7) is 11.8. The van der Waals surface area contributed by atoms with Gasteiger partial charge >= 0.3 is 0 Å². The third-order valence-electron chi connectivity index (χ3n) is 5.89. The predicted octanol–water partition coefficient (Wildman–Crippen LogP) is 0.944. The number of quaternary nitrogens is 2. The van der Waals surface area contributed by atoms with Gasteiger partial charge in [0, 0.05) is 6.61 Å². The van der Waals surface area contributed by atoms with Crippen molar-refractivity contribution in [3.05, 3.63) is 0 Å². The fourth-order valence-corrected chi connectivity index (χ4v) is 5.25. The summed E-state index contributed by atoms with van der Waals surface area (Å²) >= 11 is 0. The molecule has 1 unspecified atom stereocenters. The van der Waals surface area contributed by atoms with Gasteiger partial charge in [-0.25, -0.2) is 0 Å². The van der Waals surface area contributed by atoms with Crippen LogP contribution in [0.2, 0.25) is 0 Å². The molecule has 3 heteroatoms. The highest BCUT2D eigenvalue weighted by molar-refractivity contribution is 4.90. The van der Waals surface area contributed by atoms with Gasteiger partial charge in [0.2, 0.25) is 0 Å². The van der Waals surface area contributed by atoms with Crippen molar-refractivity contribution in [1.82, 2.24) is 0 Å².